The van der Waals surface area contributed by atoms with Crippen molar-refractivity contribution in [1.82, 2.24) is 20.0 Å². The molecule has 3 heterocycles. The van der Waals surface area contributed by atoms with Gasteiger partial charge in [0.2, 0.25) is 11.8 Å². The van der Waals surface area contributed by atoms with Crippen LogP contribution >= 0.6 is 0 Å². The third-order valence-corrected chi connectivity index (χ3v) is 5.94. The van der Waals surface area contributed by atoms with Crippen LogP contribution in [0.25, 0.3) is 0 Å². The number of likely N-dealkylation sites (tertiary alicyclic amines) is 1. The number of aliphatic hydroxyl groups excluding tert-OH is 1. The molecule has 1 spiro atoms. The molecule has 0 aromatic carbocycles. The third kappa shape index (κ3) is 3.50. The smallest absolute Gasteiger partial charge is 0.230 e. The first-order chi connectivity index (χ1) is 12.8. The van der Waals surface area contributed by atoms with Crippen molar-refractivity contribution in [3.8, 4) is 0 Å². The molecule has 2 saturated heterocycles. The van der Waals surface area contributed by atoms with Gasteiger partial charge in [-0.25, -0.2) is 0 Å². The van der Waals surface area contributed by atoms with Gasteiger partial charge in [-0.3, -0.25) is 19.1 Å². The molecule has 2 fully saturated rings. The number of Topliss-reactive ketones (excluding diaryl/α,β-unsaturated/α-hetero) is 1. The van der Waals surface area contributed by atoms with E-state index >= 15 is 0 Å². The fraction of sp³-hybridized carbons (Fsp3) is 0.684. The van der Waals surface area contributed by atoms with E-state index in [1.807, 2.05) is 6.92 Å². The predicted octanol–water partition coefficient (Wildman–Crippen LogP) is 0.582. The number of hydrogen-bond donors (Lipinski definition) is 2. The van der Waals surface area contributed by atoms with Gasteiger partial charge >= 0.3 is 0 Å². The molecule has 8 nitrogen and oxygen atoms in total. The van der Waals surface area contributed by atoms with Crippen molar-refractivity contribution in [3.63, 3.8) is 0 Å². The van der Waals surface area contributed by atoms with Crippen LogP contribution in [0.15, 0.2) is 0 Å². The first kappa shape index (κ1) is 19.5. The van der Waals surface area contributed by atoms with E-state index in [-0.39, 0.29) is 30.6 Å². The number of rotatable bonds is 4. The van der Waals surface area contributed by atoms with Gasteiger partial charge in [-0.15, -0.1) is 0 Å². The van der Waals surface area contributed by atoms with Gasteiger partial charge in [-0.1, -0.05) is 0 Å². The Morgan fingerprint density at radius 1 is 1.37 bits per heavy atom. The molecule has 1 aromatic rings. The van der Waals surface area contributed by atoms with E-state index in [2.05, 4.69) is 10.4 Å². The Labute approximate surface area is 158 Å². The Morgan fingerprint density at radius 2 is 2.11 bits per heavy atom. The highest BCUT2D eigenvalue weighted by Gasteiger charge is 2.50. The van der Waals surface area contributed by atoms with Crippen LogP contribution in [-0.2, 0) is 16.1 Å². The lowest BCUT2D eigenvalue weighted by Crippen LogP contribution is -2.62. The minimum atomic E-state index is -0.883. The lowest BCUT2D eigenvalue weighted by atomic mass is 9.71. The Morgan fingerprint density at radius 3 is 2.74 bits per heavy atom. The van der Waals surface area contributed by atoms with Crippen LogP contribution < -0.4 is 5.32 Å². The summed E-state index contributed by atoms with van der Waals surface area (Å²) in [5.74, 6) is -0.238. The standard InChI is InChI=1S/C19H28N4O4/c1-12-17(14(3)24)13(2)23(21-12)10-6-16(26)22-9-5-15(25)19(11-22)7-4-8-20-18(19)27/h15,25H,4-11H2,1-3H3,(H,20,27)/t15-,19+/m0/s1. The maximum Gasteiger partial charge on any atom is 0.230 e. The van der Waals surface area contributed by atoms with Crippen LogP contribution in [0.2, 0.25) is 0 Å². The van der Waals surface area contributed by atoms with Gasteiger partial charge in [-0.05, 0) is 40.0 Å². The van der Waals surface area contributed by atoms with E-state index in [0.29, 0.717) is 43.7 Å². The summed E-state index contributed by atoms with van der Waals surface area (Å²) >= 11 is 0. The normalized spacial score (nSPS) is 25.6. The number of aliphatic hydroxyl groups is 1. The van der Waals surface area contributed by atoms with Crippen LogP contribution in [-0.4, -0.2) is 63.1 Å². The lowest BCUT2D eigenvalue weighted by Gasteiger charge is -2.46. The van der Waals surface area contributed by atoms with Crippen LogP contribution in [0, 0.1) is 19.3 Å². The van der Waals surface area contributed by atoms with Gasteiger partial charge in [0, 0.05) is 38.3 Å². The van der Waals surface area contributed by atoms with E-state index in [1.165, 1.54) is 6.92 Å². The monoisotopic (exact) mass is 376 g/mol. The first-order valence-corrected chi connectivity index (χ1v) is 9.55. The highest BCUT2D eigenvalue weighted by molar-refractivity contribution is 5.96. The minimum Gasteiger partial charge on any atom is -0.392 e. The molecule has 2 atom stereocenters. The molecule has 0 aliphatic carbocycles. The zero-order chi connectivity index (χ0) is 19.8. The second-order valence-corrected chi connectivity index (χ2v) is 7.71. The molecule has 3 rings (SSSR count). The Balaban J connectivity index is 1.67. The van der Waals surface area contributed by atoms with Gasteiger partial charge < -0.3 is 15.3 Å². The van der Waals surface area contributed by atoms with Crippen molar-refractivity contribution in [3.05, 3.63) is 17.0 Å². The second kappa shape index (κ2) is 7.42. The summed E-state index contributed by atoms with van der Waals surface area (Å²) in [6.45, 7) is 6.85. The second-order valence-electron chi connectivity index (χ2n) is 7.71. The average molecular weight is 376 g/mol. The summed E-state index contributed by atoms with van der Waals surface area (Å²) in [4.78, 5) is 38.6. The number of ketones is 1. The van der Waals surface area contributed by atoms with Crippen molar-refractivity contribution < 1.29 is 19.5 Å². The molecule has 2 aliphatic rings. The number of piperidine rings is 2. The Bertz CT molecular complexity index is 772. The average Bonchev–Trinajstić information content (AvgIpc) is 2.91. The topological polar surface area (TPSA) is 105 Å². The van der Waals surface area contributed by atoms with E-state index in [1.54, 1.807) is 16.5 Å². The predicted molar refractivity (Wildman–Crippen MR) is 98.2 cm³/mol. The van der Waals surface area contributed by atoms with Crippen molar-refractivity contribution in [1.29, 1.82) is 0 Å². The fourth-order valence-corrected chi connectivity index (χ4v) is 4.44. The molecule has 2 aliphatic heterocycles. The lowest BCUT2D eigenvalue weighted by molar-refractivity contribution is -0.154. The largest absolute Gasteiger partial charge is 0.392 e. The molecule has 0 saturated carbocycles. The number of nitrogens with zero attached hydrogens (tertiary/aromatic N) is 3. The van der Waals surface area contributed by atoms with Crippen molar-refractivity contribution >= 4 is 17.6 Å². The quantitative estimate of drug-likeness (QED) is 0.748. The molecular formula is C19H28N4O4. The number of aromatic nitrogens is 2. The molecular weight excluding hydrogens is 348 g/mol. The van der Waals surface area contributed by atoms with Crippen LogP contribution in [0.4, 0.5) is 0 Å². The fourth-order valence-electron chi connectivity index (χ4n) is 4.44. The summed E-state index contributed by atoms with van der Waals surface area (Å²) in [5, 5.41) is 17.7. The van der Waals surface area contributed by atoms with Gasteiger partial charge in [0.1, 0.15) is 0 Å². The number of amides is 2. The number of carbonyl (C=O) groups is 3. The molecule has 148 valence electrons. The molecule has 27 heavy (non-hydrogen) atoms. The summed E-state index contributed by atoms with van der Waals surface area (Å²) in [7, 11) is 0. The molecule has 0 radical (unpaired) electrons. The molecule has 0 bridgehead atoms. The Hall–Kier alpha value is -2.22. The maximum atomic E-state index is 12.8. The summed E-state index contributed by atoms with van der Waals surface area (Å²) in [6, 6.07) is 0. The zero-order valence-electron chi connectivity index (χ0n) is 16.2. The molecule has 1 aromatic heterocycles. The molecule has 2 N–H and O–H groups in total. The molecule has 0 unspecified atom stereocenters. The molecule has 8 heteroatoms. The summed E-state index contributed by atoms with van der Waals surface area (Å²) < 4.78 is 1.70. The highest BCUT2D eigenvalue weighted by atomic mass is 16.3. The van der Waals surface area contributed by atoms with Crippen molar-refractivity contribution in [2.24, 2.45) is 5.41 Å². The number of nitrogens with one attached hydrogen (secondary N) is 1. The van der Waals surface area contributed by atoms with Crippen LogP contribution in [0.1, 0.15) is 54.4 Å². The Kier molecular flexibility index (Phi) is 5.37. The van der Waals surface area contributed by atoms with E-state index < -0.39 is 11.5 Å². The third-order valence-electron chi connectivity index (χ3n) is 5.94. The van der Waals surface area contributed by atoms with Crippen LogP contribution in [0.3, 0.4) is 0 Å². The van der Waals surface area contributed by atoms with Gasteiger partial charge in [0.15, 0.2) is 5.78 Å². The zero-order valence-corrected chi connectivity index (χ0v) is 16.2. The van der Waals surface area contributed by atoms with E-state index in [4.69, 9.17) is 0 Å². The maximum absolute atomic E-state index is 12.8. The van der Waals surface area contributed by atoms with Crippen LogP contribution in [0.5, 0.6) is 0 Å². The first-order valence-electron chi connectivity index (χ1n) is 9.55. The summed E-state index contributed by atoms with van der Waals surface area (Å²) in [5.41, 5.74) is 1.17. The van der Waals surface area contributed by atoms with Gasteiger partial charge in [-0.2, -0.15) is 5.10 Å². The molecule has 2 amide bonds. The van der Waals surface area contributed by atoms with Gasteiger partial charge in [0.25, 0.3) is 0 Å². The van der Waals surface area contributed by atoms with E-state index in [0.717, 1.165) is 12.1 Å². The van der Waals surface area contributed by atoms with Crippen molar-refractivity contribution in [2.75, 3.05) is 19.6 Å². The highest BCUT2D eigenvalue weighted by Crippen LogP contribution is 2.37. The summed E-state index contributed by atoms with van der Waals surface area (Å²) in [6.07, 6.45) is 1.35. The number of aryl methyl sites for hydroxylation is 2. The number of hydrogen-bond acceptors (Lipinski definition) is 5. The number of carbonyl (C=O) groups excluding carboxylic acids is 3. The van der Waals surface area contributed by atoms with Gasteiger partial charge in [0.05, 0.1) is 22.8 Å². The minimum absolute atomic E-state index is 0.0298. The SMILES string of the molecule is CC(=O)c1c(C)nn(CCC(=O)N2CC[C@H](O)[C@@]3(CCCNC3=O)C2)c1C. The van der Waals surface area contributed by atoms with Crippen molar-refractivity contribution in [2.45, 2.75) is 59.1 Å². The van der Waals surface area contributed by atoms with E-state index in [9.17, 15) is 19.5 Å².